The maximum Gasteiger partial charge on any atom is 0.222 e. The van der Waals surface area contributed by atoms with Crippen molar-refractivity contribution in [2.75, 3.05) is 5.32 Å². The predicted octanol–water partition coefficient (Wildman–Crippen LogP) is 3.54. The third-order valence-corrected chi connectivity index (χ3v) is 4.26. The lowest BCUT2D eigenvalue weighted by Gasteiger charge is -1.99. The fourth-order valence-electron chi connectivity index (χ4n) is 2.30. The first-order valence-electron chi connectivity index (χ1n) is 6.27. The Morgan fingerprint density at radius 3 is 2.95 bits per heavy atom. The highest BCUT2D eigenvalue weighted by molar-refractivity contribution is 7.26. The first-order chi connectivity index (χ1) is 9.10. The first-order valence-corrected chi connectivity index (χ1v) is 7.09. The highest BCUT2D eigenvalue weighted by Crippen LogP contribution is 2.38. The van der Waals surface area contributed by atoms with Gasteiger partial charge in [0.1, 0.15) is 0 Å². The van der Waals surface area contributed by atoms with E-state index in [2.05, 4.69) is 42.5 Å². The van der Waals surface area contributed by atoms with E-state index in [-0.39, 0.29) is 5.91 Å². The average Bonchev–Trinajstić information content (AvgIpc) is 2.86. The molecule has 19 heavy (non-hydrogen) atoms. The van der Waals surface area contributed by atoms with Gasteiger partial charge in [0, 0.05) is 23.6 Å². The molecule has 0 radical (unpaired) electrons. The molecule has 0 aliphatic carbocycles. The molecule has 0 bridgehead atoms. The minimum Gasteiger partial charge on any atom is -0.308 e. The minimum absolute atomic E-state index is 0.0868. The van der Waals surface area contributed by atoms with Crippen LogP contribution in [-0.2, 0) is 11.3 Å². The second kappa shape index (κ2) is 4.35. The van der Waals surface area contributed by atoms with Crippen molar-refractivity contribution in [1.82, 2.24) is 9.78 Å². The van der Waals surface area contributed by atoms with Gasteiger partial charge in [0.2, 0.25) is 5.91 Å². The van der Waals surface area contributed by atoms with E-state index in [0.717, 1.165) is 16.8 Å². The van der Waals surface area contributed by atoms with Crippen LogP contribution >= 0.6 is 11.3 Å². The van der Waals surface area contributed by atoms with Crippen LogP contribution in [0.15, 0.2) is 18.2 Å². The Balaban J connectivity index is 2.35. The molecule has 0 unspecified atom stereocenters. The van der Waals surface area contributed by atoms with Crippen molar-refractivity contribution in [2.45, 2.75) is 27.3 Å². The van der Waals surface area contributed by atoms with Gasteiger partial charge in [-0.25, -0.2) is 0 Å². The van der Waals surface area contributed by atoms with Crippen LogP contribution in [0.4, 0.5) is 5.82 Å². The van der Waals surface area contributed by atoms with Crippen LogP contribution in [0.3, 0.4) is 0 Å². The molecule has 3 aromatic rings. The lowest BCUT2D eigenvalue weighted by atomic mass is 10.2. The van der Waals surface area contributed by atoms with Crippen LogP contribution in [0.5, 0.6) is 0 Å². The molecule has 0 aliphatic rings. The number of nitrogens with one attached hydrogen (secondary N) is 1. The van der Waals surface area contributed by atoms with Crippen molar-refractivity contribution < 1.29 is 4.79 Å². The number of fused-ring (bicyclic) bond motifs is 3. The SMILES string of the molecule is CCn1nc(NC(C)=O)c2sc3cc(C)ccc3c21. The van der Waals surface area contributed by atoms with E-state index in [0.29, 0.717) is 5.82 Å². The van der Waals surface area contributed by atoms with Crippen LogP contribution in [-0.4, -0.2) is 15.7 Å². The number of nitrogens with zero attached hydrogens (tertiary/aromatic N) is 2. The lowest BCUT2D eigenvalue weighted by Crippen LogP contribution is -2.07. The fraction of sp³-hybridized carbons (Fsp3) is 0.286. The molecular formula is C14H15N3OS. The van der Waals surface area contributed by atoms with Gasteiger partial charge >= 0.3 is 0 Å². The zero-order valence-corrected chi connectivity index (χ0v) is 12.0. The molecule has 0 saturated carbocycles. The molecule has 0 atom stereocenters. The van der Waals surface area contributed by atoms with Crippen LogP contribution in [0.1, 0.15) is 19.4 Å². The number of hydrogen-bond donors (Lipinski definition) is 1. The summed E-state index contributed by atoms with van der Waals surface area (Å²) in [6.45, 7) is 6.44. The number of carbonyl (C=O) groups is 1. The smallest absolute Gasteiger partial charge is 0.222 e. The highest BCUT2D eigenvalue weighted by atomic mass is 32.1. The summed E-state index contributed by atoms with van der Waals surface area (Å²) in [5.74, 6) is 0.583. The van der Waals surface area contributed by atoms with E-state index in [1.165, 1.54) is 22.6 Å². The van der Waals surface area contributed by atoms with Crippen molar-refractivity contribution in [1.29, 1.82) is 0 Å². The number of aromatic nitrogens is 2. The summed E-state index contributed by atoms with van der Waals surface area (Å²) in [5, 5.41) is 8.50. The van der Waals surface area contributed by atoms with Crippen LogP contribution in [0, 0.1) is 6.92 Å². The predicted molar refractivity (Wildman–Crippen MR) is 79.8 cm³/mol. The summed E-state index contributed by atoms with van der Waals surface area (Å²) in [6.07, 6.45) is 0. The minimum atomic E-state index is -0.0868. The highest BCUT2D eigenvalue weighted by Gasteiger charge is 2.16. The molecule has 1 N–H and O–H groups in total. The van der Waals surface area contributed by atoms with Gasteiger partial charge in [0.15, 0.2) is 5.82 Å². The van der Waals surface area contributed by atoms with Gasteiger partial charge in [-0.15, -0.1) is 11.3 Å². The summed E-state index contributed by atoms with van der Waals surface area (Å²) in [6, 6.07) is 6.42. The zero-order valence-electron chi connectivity index (χ0n) is 11.2. The van der Waals surface area contributed by atoms with Crippen molar-refractivity contribution in [3.8, 4) is 0 Å². The molecule has 1 aromatic carbocycles. The van der Waals surface area contributed by atoms with Gasteiger partial charge in [-0.1, -0.05) is 12.1 Å². The molecule has 3 rings (SSSR count). The number of aryl methyl sites for hydroxylation is 2. The van der Waals surface area contributed by atoms with Crippen LogP contribution in [0.25, 0.3) is 20.3 Å². The molecule has 0 saturated heterocycles. The Bertz CT molecular complexity index is 785. The Morgan fingerprint density at radius 1 is 1.47 bits per heavy atom. The van der Waals surface area contributed by atoms with Gasteiger partial charge in [0.05, 0.1) is 10.2 Å². The summed E-state index contributed by atoms with van der Waals surface area (Å²) < 4.78 is 4.24. The Hall–Kier alpha value is -1.88. The lowest BCUT2D eigenvalue weighted by molar-refractivity contribution is -0.114. The molecule has 2 aromatic heterocycles. The topological polar surface area (TPSA) is 46.9 Å². The third kappa shape index (κ3) is 1.90. The van der Waals surface area contributed by atoms with Gasteiger partial charge < -0.3 is 5.32 Å². The fourth-order valence-corrected chi connectivity index (χ4v) is 3.54. The summed E-state index contributed by atoms with van der Waals surface area (Å²) in [7, 11) is 0. The number of benzene rings is 1. The van der Waals surface area contributed by atoms with Gasteiger partial charge in [-0.05, 0) is 25.5 Å². The summed E-state index contributed by atoms with van der Waals surface area (Å²) >= 11 is 1.68. The number of thiophene rings is 1. The van der Waals surface area contributed by atoms with Crippen molar-refractivity contribution >= 4 is 43.4 Å². The second-order valence-corrected chi connectivity index (χ2v) is 5.68. The van der Waals surface area contributed by atoms with Gasteiger partial charge in [-0.3, -0.25) is 9.48 Å². The normalized spacial score (nSPS) is 11.3. The van der Waals surface area contributed by atoms with Crippen LogP contribution < -0.4 is 5.32 Å². The standard InChI is InChI=1S/C14H15N3OS/c1-4-17-12-10-6-5-8(2)7-11(10)19-13(12)14(16-17)15-9(3)18/h5-7H,4H2,1-3H3,(H,15,16,18). The van der Waals surface area contributed by atoms with E-state index in [9.17, 15) is 4.79 Å². The molecular weight excluding hydrogens is 258 g/mol. The number of rotatable bonds is 2. The van der Waals surface area contributed by atoms with Crippen molar-refractivity contribution in [3.63, 3.8) is 0 Å². The van der Waals surface area contributed by atoms with E-state index < -0.39 is 0 Å². The average molecular weight is 273 g/mol. The number of carbonyl (C=O) groups excluding carboxylic acids is 1. The molecule has 2 heterocycles. The maximum absolute atomic E-state index is 11.3. The second-order valence-electron chi connectivity index (χ2n) is 4.62. The largest absolute Gasteiger partial charge is 0.308 e. The quantitative estimate of drug-likeness (QED) is 0.776. The third-order valence-electron chi connectivity index (χ3n) is 3.11. The number of amides is 1. The molecule has 98 valence electrons. The van der Waals surface area contributed by atoms with E-state index in [1.54, 1.807) is 11.3 Å². The van der Waals surface area contributed by atoms with Gasteiger partial charge in [-0.2, -0.15) is 5.10 Å². The maximum atomic E-state index is 11.3. The van der Waals surface area contributed by atoms with Crippen LogP contribution in [0.2, 0.25) is 0 Å². The van der Waals surface area contributed by atoms with E-state index >= 15 is 0 Å². The van der Waals surface area contributed by atoms with Crippen molar-refractivity contribution in [2.24, 2.45) is 0 Å². The Morgan fingerprint density at radius 2 is 2.26 bits per heavy atom. The molecule has 4 nitrogen and oxygen atoms in total. The molecule has 1 amide bonds. The summed E-state index contributed by atoms with van der Waals surface area (Å²) in [5.41, 5.74) is 2.36. The molecule has 0 fully saturated rings. The molecule has 0 aliphatic heterocycles. The summed E-state index contributed by atoms with van der Waals surface area (Å²) in [4.78, 5) is 11.3. The Kier molecular flexibility index (Phi) is 2.78. The zero-order chi connectivity index (χ0) is 13.6. The van der Waals surface area contributed by atoms with Gasteiger partial charge in [0.25, 0.3) is 0 Å². The van der Waals surface area contributed by atoms with Crippen molar-refractivity contribution in [3.05, 3.63) is 23.8 Å². The number of anilines is 1. The molecule has 0 spiro atoms. The van der Waals surface area contributed by atoms with E-state index in [1.807, 2.05) is 4.68 Å². The first kappa shape index (κ1) is 12.2. The monoisotopic (exact) mass is 273 g/mol. The molecule has 5 heteroatoms. The number of hydrogen-bond acceptors (Lipinski definition) is 3. The van der Waals surface area contributed by atoms with E-state index in [4.69, 9.17) is 0 Å². The Labute approximate surface area is 115 Å².